The fraction of sp³-hybridized carbons (Fsp3) is 0.333. The van der Waals surface area contributed by atoms with E-state index in [1.54, 1.807) is 19.2 Å². The fourth-order valence-electron chi connectivity index (χ4n) is 1.06. The lowest BCUT2D eigenvalue weighted by Crippen LogP contribution is -2.20. The summed E-state index contributed by atoms with van der Waals surface area (Å²) in [5.74, 6) is -1.06. The summed E-state index contributed by atoms with van der Waals surface area (Å²) >= 11 is 0. The Morgan fingerprint density at radius 1 is 1.79 bits per heavy atom. The van der Waals surface area contributed by atoms with E-state index >= 15 is 0 Å². The van der Waals surface area contributed by atoms with Gasteiger partial charge in [0.1, 0.15) is 6.04 Å². The standard InChI is InChI=1S/C9H12N2O3/c1-14-5-7-4-6(2-3-11-7)8(10)9(12)13/h2-4,8H,5,10H2,1H3,(H,12,13). The molecule has 0 amide bonds. The second-order valence-corrected chi connectivity index (χ2v) is 2.83. The van der Waals surface area contributed by atoms with Crippen molar-refractivity contribution in [3.8, 4) is 0 Å². The number of aromatic nitrogens is 1. The topological polar surface area (TPSA) is 85.4 Å². The van der Waals surface area contributed by atoms with Gasteiger partial charge in [0.15, 0.2) is 0 Å². The Balaban J connectivity index is 2.87. The van der Waals surface area contributed by atoms with Gasteiger partial charge in [-0.05, 0) is 17.7 Å². The zero-order chi connectivity index (χ0) is 10.6. The molecule has 0 bridgehead atoms. The van der Waals surface area contributed by atoms with Crippen molar-refractivity contribution in [1.29, 1.82) is 0 Å². The van der Waals surface area contributed by atoms with Crippen LogP contribution in [0.2, 0.25) is 0 Å². The third kappa shape index (κ3) is 2.51. The first kappa shape index (κ1) is 10.6. The van der Waals surface area contributed by atoms with Gasteiger partial charge < -0.3 is 15.6 Å². The Bertz CT molecular complexity index is 328. The van der Waals surface area contributed by atoms with Crippen LogP contribution in [0, 0.1) is 0 Å². The van der Waals surface area contributed by atoms with Crippen LogP contribution in [-0.4, -0.2) is 23.2 Å². The molecule has 1 aromatic heterocycles. The molecule has 0 aliphatic carbocycles. The number of hydrogen-bond acceptors (Lipinski definition) is 4. The highest BCUT2D eigenvalue weighted by molar-refractivity contribution is 5.75. The molecule has 0 aromatic carbocycles. The highest BCUT2D eigenvalue weighted by Crippen LogP contribution is 2.11. The first-order valence-electron chi connectivity index (χ1n) is 4.07. The Morgan fingerprint density at radius 2 is 2.50 bits per heavy atom. The molecule has 1 aromatic rings. The van der Waals surface area contributed by atoms with Crippen molar-refractivity contribution >= 4 is 5.97 Å². The van der Waals surface area contributed by atoms with E-state index in [0.717, 1.165) is 0 Å². The van der Waals surface area contributed by atoms with Crippen LogP contribution in [0.3, 0.4) is 0 Å². The first-order valence-corrected chi connectivity index (χ1v) is 4.07. The molecule has 1 atom stereocenters. The molecule has 0 spiro atoms. The molecule has 1 unspecified atom stereocenters. The van der Waals surface area contributed by atoms with Crippen LogP contribution in [0.15, 0.2) is 18.3 Å². The maximum absolute atomic E-state index is 10.6. The van der Waals surface area contributed by atoms with Crippen LogP contribution < -0.4 is 5.73 Å². The Morgan fingerprint density at radius 3 is 3.07 bits per heavy atom. The van der Waals surface area contributed by atoms with E-state index in [9.17, 15) is 4.79 Å². The maximum Gasteiger partial charge on any atom is 0.325 e. The molecule has 0 saturated heterocycles. The van der Waals surface area contributed by atoms with Crippen molar-refractivity contribution in [3.05, 3.63) is 29.6 Å². The van der Waals surface area contributed by atoms with E-state index < -0.39 is 12.0 Å². The highest BCUT2D eigenvalue weighted by Gasteiger charge is 2.14. The molecular formula is C9H12N2O3. The molecule has 76 valence electrons. The summed E-state index contributed by atoms with van der Waals surface area (Å²) in [7, 11) is 1.55. The van der Waals surface area contributed by atoms with Crippen molar-refractivity contribution < 1.29 is 14.6 Å². The summed E-state index contributed by atoms with van der Waals surface area (Å²) in [6.07, 6.45) is 1.52. The number of carboxylic acid groups (broad SMARTS) is 1. The lowest BCUT2D eigenvalue weighted by atomic mass is 10.1. The van der Waals surface area contributed by atoms with Crippen LogP contribution in [0.5, 0.6) is 0 Å². The lowest BCUT2D eigenvalue weighted by molar-refractivity contribution is -0.138. The molecule has 14 heavy (non-hydrogen) atoms. The Kier molecular flexibility index (Phi) is 3.55. The molecule has 0 aliphatic heterocycles. The third-order valence-electron chi connectivity index (χ3n) is 1.76. The average Bonchev–Trinajstić information content (AvgIpc) is 2.17. The van der Waals surface area contributed by atoms with Gasteiger partial charge in [-0.1, -0.05) is 0 Å². The summed E-state index contributed by atoms with van der Waals surface area (Å²) in [6, 6.07) is 2.20. The lowest BCUT2D eigenvalue weighted by Gasteiger charge is -2.07. The number of pyridine rings is 1. The second-order valence-electron chi connectivity index (χ2n) is 2.83. The van der Waals surface area contributed by atoms with Gasteiger partial charge in [0, 0.05) is 13.3 Å². The van der Waals surface area contributed by atoms with Crippen molar-refractivity contribution in [1.82, 2.24) is 4.98 Å². The summed E-state index contributed by atoms with van der Waals surface area (Å²) < 4.78 is 4.87. The third-order valence-corrected chi connectivity index (χ3v) is 1.76. The minimum atomic E-state index is -1.06. The molecule has 0 fully saturated rings. The molecule has 1 rings (SSSR count). The number of nitrogens with two attached hydrogens (primary N) is 1. The van der Waals surface area contributed by atoms with Crippen molar-refractivity contribution in [2.75, 3.05) is 7.11 Å². The van der Waals surface area contributed by atoms with E-state index in [1.807, 2.05) is 0 Å². The molecule has 5 heteroatoms. The SMILES string of the molecule is COCc1cc(C(N)C(=O)O)ccn1. The monoisotopic (exact) mass is 196 g/mol. The van der Waals surface area contributed by atoms with Crippen LogP contribution in [0.1, 0.15) is 17.3 Å². The molecule has 5 nitrogen and oxygen atoms in total. The number of nitrogens with zero attached hydrogens (tertiary/aromatic N) is 1. The smallest absolute Gasteiger partial charge is 0.325 e. The summed E-state index contributed by atoms with van der Waals surface area (Å²) in [4.78, 5) is 14.6. The number of methoxy groups -OCH3 is 1. The number of hydrogen-bond donors (Lipinski definition) is 2. The van der Waals surface area contributed by atoms with Gasteiger partial charge in [-0.3, -0.25) is 9.78 Å². The first-order chi connectivity index (χ1) is 6.65. The van der Waals surface area contributed by atoms with Gasteiger partial charge in [0.05, 0.1) is 12.3 Å². The Hall–Kier alpha value is -1.46. The molecule has 0 radical (unpaired) electrons. The van der Waals surface area contributed by atoms with E-state index in [4.69, 9.17) is 15.6 Å². The second kappa shape index (κ2) is 4.69. The summed E-state index contributed by atoms with van der Waals surface area (Å²) in [5.41, 5.74) is 6.63. The van der Waals surface area contributed by atoms with Crippen LogP contribution in [0.4, 0.5) is 0 Å². The molecule has 0 aliphatic rings. The van der Waals surface area contributed by atoms with Gasteiger partial charge in [-0.2, -0.15) is 0 Å². The van der Waals surface area contributed by atoms with Crippen molar-refractivity contribution in [2.45, 2.75) is 12.6 Å². The zero-order valence-electron chi connectivity index (χ0n) is 7.80. The fourth-order valence-corrected chi connectivity index (χ4v) is 1.06. The predicted molar refractivity (Wildman–Crippen MR) is 49.5 cm³/mol. The van der Waals surface area contributed by atoms with Crippen LogP contribution in [0.25, 0.3) is 0 Å². The van der Waals surface area contributed by atoms with Gasteiger partial charge in [0.25, 0.3) is 0 Å². The maximum atomic E-state index is 10.6. The van der Waals surface area contributed by atoms with Gasteiger partial charge in [-0.15, -0.1) is 0 Å². The van der Waals surface area contributed by atoms with Crippen molar-refractivity contribution in [2.24, 2.45) is 5.73 Å². The number of carboxylic acids is 1. The number of rotatable bonds is 4. The van der Waals surface area contributed by atoms with E-state index in [2.05, 4.69) is 4.98 Å². The minimum Gasteiger partial charge on any atom is -0.480 e. The van der Waals surface area contributed by atoms with Gasteiger partial charge >= 0.3 is 5.97 Å². The van der Waals surface area contributed by atoms with E-state index in [-0.39, 0.29) is 0 Å². The predicted octanol–water partition coefficient (Wildman–Crippen LogP) is 0.312. The van der Waals surface area contributed by atoms with Crippen molar-refractivity contribution in [3.63, 3.8) is 0 Å². The highest BCUT2D eigenvalue weighted by atomic mass is 16.5. The normalized spacial score (nSPS) is 12.4. The summed E-state index contributed by atoms with van der Waals surface area (Å²) in [5, 5.41) is 8.68. The zero-order valence-corrected chi connectivity index (χ0v) is 7.80. The largest absolute Gasteiger partial charge is 0.480 e. The summed E-state index contributed by atoms with van der Waals surface area (Å²) in [6.45, 7) is 0.347. The van der Waals surface area contributed by atoms with Gasteiger partial charge in [-0.25, -0.2) is 0 Å². The number of carbonyl (C=O) groups is 1. The van der Waals surface area contributed by atoms with E-state index in [0.29, 0.717) is 17.9 Å². The molecular weight excluding hydrogens is 184 g/mol. The Labute approximate surface area is 81.5 Å². The average molecular weight is 196 g/mol. The molecule has 3 N–H and O–H groups in total. The van der Waals surface area contributed by atoms with E-state index in [1.165, 1.54) is 6.20 Å². The quantitative estimate of drug-likeness (QED) is 0.724. The minimum absolute atomic E-state index is 0.347. The molecule has 1 heterocycles. The van der Waals surface area contributed by atoms with Crippen LogP contribution in [-0.2, 0) is 16.1 Å². The number of ether oxygens (including phenoxy) is 1. The van der Waals surface area contributed by atoms with Crippen LogP contribution >= 0.6 is 0 Å². The molecule has 0 saturated carbocycles. The number of aliphatic carboxylic acids is 1. The van der Waals surface area contributed by atoms with Gasteiger partial charge in [0.2, 0.25) is 0 Å².